The average Bonchev–Trinajstić information content (AvgIpc) is 2.15. The summed E-state index contributed by atoms with van der Waals surface area (Å²) in [6, 6.07) is 0. The molecule has 5 heteroatoms. The summed E-state index contributed by atoms with van der Waals surface area (Å²) >= 11 is 15.8. The van der Waals surface area contributed by atoms with Gasteiger partial charge in [-0.2, -0.15) is 4.37 Å². The van der Waals surface area contributed by atoms with Gasteiger partial charge in [-0.3, -0.25) is 0 Å². The van der Waals surface area contributed by atoms with E-state index in [-0.39, 0.29) is 0 Å². The van der Waals surface area contributed by atoms with Crippen molar-refractivity contribution in [1.82, 2.24) is 4.37 Å². The minimum absolute atomic E-state index is 0.399. The van der Waals surface area contributed by atoms with Crippen molar-refractivity contribution in [3.8, 4) is 0 Å². The van der Waals surface area contributed by atoms with Crippen LogP contribution in [0.3, 0.4) is 0 Å². The van der Waals surface area contributed by atoms with Gasteiger partial charge in [-0.25, -0.2) is 0 Å². The van der Waals surface area contributed by atoms with Gasteiger partial charge in [0.15, 0.2) is 5.15 Å². The van der Waals surface area contributed by atoms with Gasteiger partial charge in [0.2, 0.25) is 0 Å². The van der Waals surface area contributed by atoms with E-state index in [1.165, 1.54) is 11.5 Å². The van der Waals surface area contributed by atoms with Crippen LogP contribution in [0.5, 0.6) is 0 Å². The van der Waals surface area contributed by atoms with Crippen LogP contribution in [-0.4, -0.2) is 4.37 Å². The summed E-state index contributed by atoms with van der Waals surface area (Å²) in [6.07, 6.45) is 0. The molecule has 0 aromatic carbocycles. The number of halogens is 3. The largest absolute Gasteiger partial charge is 0.179 e. The van der Waals surface area contributed by atoms with E-state index in [0.717, 1.165) is 10.2 Å². The lowest BCUT2D eigenvalue weighted by molar-refractivity contribution is 1.54. The lowest BCUT2D eigenvalue weighted by atomic mass is 10.5. The van der Waals surface area contributed by atoms with E-state index in [4.69, 9.17) is 23.2 Å². The molecule has 1 heterocycles. The maximum absolute atomic E-state index is 5.69. The number of hydrogen-bond acceptors (Lipinski definition) is 2. The predicted molar refractivity (Wildman–Crippen MR) is 44.8 cm³/mol. The second-order valence-electron chi connectivity index (χ2n) is 1.34. The molecule has 0 N–H and O–H groups in total. The van der Waals surface area contributed by atoms with E-state index in [0.29, 0.717) is 10.2 Å². The fourth-order valence-corrected chi connectivity index (χ4v) is 2.17. The summed E-state index contributed by atoms with van der Waals surface area (Å²) in [5.74, 6) is 0. The van der Waals surface area contributed by atoms with Gasteiger partial charge in [-0.15, -0.1) is 0 Å². The second kappa shape index (κ2) is 3.19. The van der Waals surface area contributed by atoms with Crippen LogP contribution < -0.4 is 0 Å². The van der Waals surface area contributed by atoms with Crippen LogP contribution in [0.25, 0.3) is 0 Å². The summed E-state index contributed by atoms with van der Waals surface area (Å²) < 4.78 is 3.83. The van der Waals surface area contributed by atoms with Crippen molar-refractivity contribution >= 4 is 50.7 Å². The Balaban J connectivity index is 3.04. The standard InChI is InChI=1S/C4H2BrCl2NS/c5-1-2-3(6)4(7)8-9-2/h1H2. The molecule has 0 unspecified atom stereocenters. The summed E-state index contributed by atoms with van der Waals surface area (Å²) in [5, 5.41) is 1.69. The number of hydrogen-bond donors (Lipinski definition) is 0. The van der Waals surface area contributed by atoms with Gasteiger partial charge in [0.1, 0.15) is 0 Å². The molecule has 0 aliphatic heterocycles. The van der Waals surface area contributed by atoms with Crippen LogP contribution in [0.1, 0.15) is 4.88 Å². The molecule has 1 nitrogen and oxygen atoms in total. The maximum Gasteiger partial charge on any atom is 0.161 e. The smallest absolute Gasteiger partial charge is 0.161 e. The van der Waals surface area contributed by atoms with Crippen LogP contribution in [0.4, 0.5) is 0 Å². The molecule has 0 amide bonds. The van der Waals surface area contributed by atoms with Crippen molar-refractivity contribution in [3.05, 3.63) is 15.1 Å². The highest BCUT2D eigenvalue weighted by Gasteiger charge is 2.06. The zero-order valence-corrected chi connectivity index (χ0v) is 8.11. The lowest BCUT2D eigenvalue weighted by Crippen LogP contribution is -1.65. The quantitative estimate of drug-likeness (QED) is 0.693. The number of nitrogens with zero attached hydrogens (tertiary/aromatic N) is 1. The molecule has 0 spiro atoms. The first-order valence-electron chi connectivity index (χ1n) is 2.11. The zero-order valence-electron chi connectivity index (χ0n) is 4.20. The molecular weight excluding hydrogens is 245 g/mol. The summed E-state index contributed by atoms with van der Waals surface area (Å²) in [4.78, 5) is 0.974. The molecule has 1 aromatic rings. The first-order valence-corrected chi connectivity index (χ1v) is 4.76. The third kappa shape index (κ3) is 1.58. The highest BCUT2D eigenvalue weighted by molar-refractivity contribution is 9.08. The first-order chi connectivity index (χ1) is 4.25. The first kappa shape index (κ1) is 7.79. The summed E-state index contributed by atoms with van der Waals surface area (Å²) in [6.45, 7) is 0. The fourth-order valence-electron chi connectivity index (χ4n) is 0.373. The van der Waals surface area contributed by atoms with Gasteiger partial charge in [-0.05, 0) is 11.5 Å². The highest BCUT2D eigenvalue weighted by atomic mass is 79.9. The fraction of sp³-hybridized carbons (Fsp3) is 0.250. The number of alkyl halides is 1. The van der Waals surface area contributed by atoms with Crippen molar-refractivity contribution in [2.45, 2.75) is 5.33 Å². The monoisotopic (exact) mass is 245 g/mol. The van der Waals surface area contributed by atoms with Crippen LogP contribution in [0.2, 0.25) is 10.2 Å². The van der Waals surface area contributed by atoms with Gasteiger partial charge >= 0.3 is 0 Å². The average molecular weight is 247 g/mol. The third-order valence-corrected chi connectivity index (χ3v) is 3.55. The van der Waals surface area contributed by atoms with Crippen LogP contribution in [0, 0.1) is 0 Å². The van der Waals surface area contributed by atoms with Gasteiger partial charge in [0, 0.05) is 5.33 Å². The minimum Gasteiger partial charge on any atom is -0.179 e. The molecule has 9 heavy (non-hydrogen) atoms. The van der Waals surface area contributed by atoms with Gasteiger partial charge in [0.25, 0.3) is 0 Å². The van der Waals surface area contributed by atoms with E-state index >= 15 is 0 Å². The van der Waals surface area contributed by atoms with Crippen molar-refractivity contribution in [2.24, 2.45) is 0 Å². The van der Waals surface area contributed by atoms with Crippen molar-refractivity contribution in [1.29, 1.82) is 0 Å². The van der Waals surface area contributed by atoms with E-state index in [9.17, 15) is 0 Å². The lowest BCUT2D eigenvalue weighted by Gasteiger charge is -1.83. The van der Waals surface area contributed by atoms with Crippen molar-refractivity contribution in [3.63, 3.8) is 0 Å². The van der Waals surface area contributed by atoms with Gasteiger partial charge in [0.05, 0.1) is 9.90 Å². The Morgan fingerprint density at radius 3 is 2.44 bits per heavy atom. The Labute approximate surface area is 75.3 Å². The zero-order chi connectivity index (χ0) is 6.85. The number of aromatic nitrogens is 1. The molecule has 0 fully saturated rings. The van der Waals surface area contributed by atoms with Crippen LogP contribution in [-0.2, 0) is 5.33 Å². The van der Waals surface area contributed by atoms with Crippen molar-refractivity contribution in [2.75, 3.05) is 0 Å². The highest BCUT2D eigenvalue weighted by Crippen LogP contribution is 2.29. The SMILES string of the molecule is Clc1nsc(CBr)c1Cl. The molecule has 0 bridgehead atoms. The summed E-state index contributed by atoms with van der Waals surface area (Å²) in [5.41, 5.74) is 0. The topological polar surface area (TPSA) is 12.9 Å². The second-order valence-corrected chi connectivity index (χ2v) is 3.50. The molecule has 0 radical (unpaired) electrons. The van der Waals surface area contributed by atoms with E-state index in [1.807, 2.05) is 0 Å². The Bertz CT molecular complexity index is 212. The van der Waals surface area contributed by atoms with E-state index in [2.05, 4.69) is 20.3 Å². The van der Waals surface area contributed by atoms with Crippen LogP contribution in [0.15, 0.2) is 0 Å². The molecule has 1 aromatic heterocycles. The minimum atomic E-state index is 0.399. The Hall–Kier alpha value is 0.690. The molecule has 0 aliphatic carbocycles. The van der Waals surface area contributed by atoms with E-state index in [1.54, 1.807) is 0 Å². The Kier molecular flexibility index (Phi) is 2.76. The third-order valence-electron chi connectivity index (χ3n) is 0.783. The molecule has 0 aliphatic rings. The molecule has 0 saturated heterocycles. The van der Waals surface area contributed by atoms with Crippen LogP contribution >= 0.6 is 50.7 Å². The molecule has 0 atom stereocenters. The van der Waals surface area contributed by atoms with Crippen molar-refractivity contribution < 1.29 is 0 Å². The summed E-state index contributed by atoms with van der Waals surface area (Å²) in [7, 11) is 0. The molecular formula is C4H2BrCl2NS. The van der Waals surface area contributed by atoms with E-state index < -0.39 is 0 Å². The van der Waals surface area contributed by atoms with Gasteiger partial charge in [-0.1, -0.05) is 39.1 Å². The molecule has 0 saturated carbocycles. The maximum atomic E-state index is 5.69. The van der Waals surface area contributed by atoms with Gasteiger partial charge < -0.3 is 0 Å². The molecule has 1 rings (SSSR count). The number of rotatable bonds is 1. The normalized spacial score (nSPS) is 10.1. The Morgan fingerprint density at radius 1 is 1.56 bits per heavy atom. The Morgan fingerprint density at radius 2 is 2.22 bits per heavy atom. The predicted octanol–water partition coefficient (Wildman–Crippen LogP) is 3.34. The molecule has 50 valence electrons.